The number of furan rings is 1. The number of benzene rings is 1. The molecule has 146 valence electrons. The van der Waals surface area contributed by atoms with Crippen LogP contribution in [0, 0.1) is 0 Å². The van der Waals surface area contributed by atoms with Gasteiger partial charge in [0.25, 0.3) is 0 Å². The summed E-state index contributed by atoms with van der Waals surface area (Å²) in [4.78, 5) is 12.1. The van der Waals surface area contributed by atoms with Crippen molar-refractivity contribution in [3.05, 3.63) is 60.1 Å². The zero-order valence-corrected chi connectivity index (χ0v) is 16.6. The number of aromatic nitrogens is 1. The molecule has 4 heterocycles. The Kier molecular flexibility index (Phi) is 4.79. The van der Waals surface area contributed by atoms with Crippen molar-refractivity contribution in [1.29, 1.82) is 0 Å². The quantitative estimate of drug-likeness (QED) is 0.690. The van der Waals surface area contributed by atoms with Crippen LogP contribution in [0.2, 0.25) is 0 Å². The van der Waals surface area contributed by atoms with E-state index in [9.17, 15) is 0 Å². The topological polar surface area (TPSA) is 35.8 Å². The first-order valence-electron chi connectivity index (χ1n) is 10.4. The Morgan fingerprint density at radius 2 is 1.82 bits per heavy atom. The van der Waals surface area contributed by atoms with Gasteiger partial charge >= 0.3 is 0 Å². The van der Waals surface area contributed by atoms with Gasteiger partial charge in [-0.25, -0.2) is 0 Å². The summed E-state index contributed by atoms with van der Waals surface area (Å²) in [6.07, 6.45) is 4.29. The van der Waals surface area contributed by atoms with E-state index in [4.69, 9.17) is 4.42 Å². The Morgan fingerprint density at radius 1 is 1.00 bits per heavy atom. The number of piperazine rings is 1. The Bertz CT molecular complexity index is 930. The molecule has 0 bridgehead atoms. The fraction of sp³-hybridized carbons (Fsp3) is 0.435. The number of likely N-dealkylation sites (N-methyl/N-ethyl adjacent to an activating group) is 1. The van der Waals surface area contributed by atoms with E-state index in [0.29, 0.717) is 6.04 Å². The molecule has 0 amide bonds. The third-order valence-electron chi connectivity index (χ3n) is 6.20. The van der Waals surface area contributed by atoms with E-state index in [1.807, 2.05) is 12.3 Å². The van der Waals surface area contributed by atoms with Crippen LogP contribution in [0.25, 0.3) is 11.0 Å². The van der Waals surface area contributed by atoms with Crippen LogP contribution in [0.4, 0.5) is 5.69 Å². The van der Waals surface area contributed by atoms with Crippen LogP contribution < -0.4 is 4.90 Å². The van der Waals surface area contributed by atoms with Crippen LogP contribution in [-0.2, 0) is 6.54 Å². The Balaban J connectivity index is 1.48. The number of para-hydroxylation sites is 1. The van der Waals surface area contributed by atoms with Crippen molar-refractivity contribution in [3.8, 4) is 0 Å². The van der Waals surface area contributed by atoms with Crippen molar-refractivity contribution < 1.29 is 4.42 Å². The van der Waals surface area contributed by atoms with Crippen LogP contribution in [0.1, 0.15) is 30.3 Å². The third-order valence-corrected chi connectivity index (χ3v) is 6.20. The lowest BCUT2D eigenvalue weighted by molar-refractivity contribution is 0.226. The average molecular weight is 377 g/mol. The van der Waals surface area contributed by atoms with Gasteiger partial charge in [-0.05, 0) is 50.7 Å². The minimum absolute atomic E-state index is 0.384. The van der Waals surface area contributed by atoms with Gasteiger partial charge < -0.3 is 14.2 Å². The highest BCUT2D eigenvalue weighted by Crippen LogP contribution is 2.38. The number of anilines is 1. The van der Waals surface area contributed by atoms with Crippen LogP contribution in [-0.4, -0.2) is 54.6 Å². The van der Waals surface area contributed by atoms with Gasteiger partial charge in [-0.15, -0.1) is 0 Å². The summed E-state index contributed by atoms with van der Waals surface area (Å²) in [6.45, 7) is 6.24. The first-order chi connectivity index (χ1) is 13.8. The van der Waals surface area contributed by atoms with Crippen molar-refractivity contribution in [2.45, 2.75) is 25.4 Å². The summed E-state index contributed by atoms with van der Waals surface area (Å²) in [5.74, 6) is 1.11. The number of hydrogen-bond donors (Lipinski definition) is 0. The van der Waals surface area contributed by atoms with E-state index in [1.54, 1.807) is 0 Å². The molecule has 5 nitrogen and oxygen atoms in total. The summed E-state index contributed by atoms with van der Waals surface area (Å²) in [5.41, 5.74) is 3.48. The highest BCUT2D eigenvalue weighted by Gasteiger charge is 2.30. The molecule has 1 unspecified atom stereocenters. The molecule has 0 spiro atoms. The van der Waals surface area contributed by atoms with Crippen LogP contribution in [0.3, 0.4) is 0 Å². The molecular formula is C23H28N4O. The summed E-state index contributed by atoms with van der Waals surface area (Å²) in [5, 5.41) is 1.25. The summed E-state index contributed by atoms with van der Waals surface area (Å²) in [6, 6.07) is 15.1. The predicted molar refractivity (Wildman–Crippen MR) is 113 cm³/mol. The Labute approximate surface area is 166 Å². The van der Waals surface area contributed by atoms with Gasteiger partial charge in [-0.2, -0.15) is 0 Å². The highest BCUT2D eigenvalue weighted by molar-refractivity contribution is 5.93. The largest absolute Gasteiger partial charge is 0.457 e. The van der Waals surface area contributed by atoms with Gasteiger partial charge in [-0.3, -0.25) is 9.88 Å². The number of rotatable bonds is 4. The minimum atomic E-state index is 0.384. The van der Waals surface area contributed by atoms with Crippen LogP contribution in [0.5, 0.6) is 0 Å². The predicted octanol–water partition coefficient (Wildman–Crippen LogP) is 3.92. The molecule has 2 saturated heterocycles. The second-order valence-electron chi connectivity index (χ2n) is 8.04. The minimum Gasteiger partial charge on any atom is -0.457 e. The standard InChI is InChI=1S/C23H28N4O/c1-25-13-15-26(16-14-25)23-18-7-2-3-10-21(18)28-22(23)17-27-12-6-9-20(27)19-8-4-5-11-24-19/h2-5,7-8,10-11,20H,6,9,12-17H2,1H3. The molecule has 5 rings (SSSR count). The van der Waals surface area contributed by atoms with Gasteiger partial charge in [0.15, 0.2) is 0 Å². The zero-order chi connectivity index (χ0) is 18.9. The van der Waals surface area contributed by atoms with Crippen LogP contribution in [0.15, 0.2) is 53.1 Å². The van der Waals surface area contributed by atoms with Crippen molar-refractivity contribution in [2.75, 3.05) is 44.7 Å². The van der Waals surface area contributed by atoms with E-state index < -0.39 is 0 Å². The van der Waals surface area contributed by atoms with Gasteiger partial charge in [0.05, 0.1) is 24.0 Å². The normalized spacial score (nSPS) is 21.6. The smallest absolute Gasteiger partial charge is 0.142 e. The Hall–Kier alpha value is -2.37. The second-order valence-corrected chi connectivity index (χ2v) is 8.04. The average Bonchev–Trinajstić information content (AvgIpc) is 3.34. The monoisotopic (exact) mass is 376 g/mol. The lowest BCUT2D eigenvalue weighted by atomic mass is 10.1. The second kappa shape index (κ2) is 7.57. The molecule has 0 aliphatic carbocycles. The molecule has 5 heteroatoms. The number of pyridine rings is 1. The first kappa shape index (κ1) is 17.7. The van der Waals surface area contributed by atoms with Gasteiger partial charge in [-0.1, -0.05) is 18.2 Å². The number of hydrogen-bond acceptors (Lipinski definition) is 5. The first-order valence-corrected chi connectivity index (χ1v) is 10.4. The number of nitrogens with zero attached hydrogens (tertiary/aromatic N) is 4. The molecule has 3 aromatic rings. The van der Waals surface area contributed by atoms with Crippen LogP contribution >= 0.6 is 0 Å². The molecular weight excluding hydrogens is 348 g/mol. The SMILES string of the molecule is CN1CCN(c2c(CN3CCCC3c3ccccn3)oc3ccccc23)CC1. The molecule has 1 aromatic carbocycles. The fourth-order valence-electron chi connectivity index (χ4n) is 4.67. The van der Waals surface area contributed by atoms with Gasteiger partial charge in [0, 0.05) is 37.8 Å². The molecule has 2 aliphatic heterocycles. The molecule has 2 aromatic heterocycles. The molecule has 0 N–H and O–H groups in total. The molecule has 28 heavy (non-hydrogen) atoms. The van der Waals surface area contributed by atoms with E-state index in [0.717, 1.165) is 50.6 Å². The third kappa shape index (κ3) is 3.29. The zero-order valence-electron chi connectivity index (χ0n) is 16.6. The maximum absolute atomic E-state index is 6.41. The summed E-state index contributed by atoms with van der Waals surface area (Å²) in [7, 11) is 2.20. The van der Waals surface area contributed by atoms with Crippen molar-refractivity contribution in [3.63, 3.8) is 0 Å². The number of likely N-dealkylation sites (tertiary alicyclic amines) is 1. The van der Waals surface area contributed by atoms with E-state index in [-0.39, 0.29) is 0 Å². The highest BCUT2D eigenvalue weighted by atomic mass is 16.3. The molecule has 1 atom stereocenters. The Morgan fingerprint density at radius 3 is 2.64 bits per heavy atom. The van der Waals surface area contributed by atoms with Crippen molar-refractivity contribution >= 4 is 16.7 Å². The summed E-state index contributed by atoms with van der Waals surface area (Å²) >= 11 is 0. The lowest BCUT2D eigenvalue weighted by Crippen LogP contribution is -2.44. The molecule has 0 radical (unpaired) electrons. The lowest BCUT2D eigenvalue weighted by Gasteiger charge is -2.34. The molecule has 2 aliphatic rings. The van der Waals surface area contributed by atoms with E-state index in [2.05, 4.69) is 63.1 Å². The van der Waals surface area contributed by atoms with E-state index in [1.165, 1.54) is 29.6 Å². The molecule has 2 fully saturated rings. The van der Waals surface area contributed by atoms with Gasteiger partial charge in [0.1, 0.15) is 11.3 Å². The maximum atomic E-state index is 6.41. The number of fused-ring (bicyclic) bond motifs is 1. The van der Waals surface area contributed by atoms with Gasteiger partial charge in [0.2, 0.25) is 0 Å². The van der Waals surface area contributed by atoms with E-state index >= 15 is 0 Å². The van der Waals surface area contributed by atoms with Crippen molar-refractivity contribution in [1.82, 2.24) is 14.8 Å². The summed E-state index contributed by atoms with van der Waals surface area (Å²) < 4.78 is 6.41. The fourth-order valence-corrected chi connectivity index (χ4v) is 4.67. The van der Waals surface area contributed by atoms with Crippen molar-refractivity contribution in [2.24, 2.45) is 0 Å². The maximum Gasteiger partial charge on any atom is 0.142 e. The molecule has 0 saturated carbocycles.